The SMILES string of the molecule is Cc1ccoc1CNC1CCCC1(C)C. The first-order valence-corrected chi connectivity index (χ1v) is 5.86. The van der Waals surface area contributed by atoms with Crippen LogP contribution in [-0.2, 0) is 6.54 Å². The number of hydrogen-bond donors (Lipinski definition) is 1. The second-order valence-electron chi connectivity index (χ2n) is 5.34. The summed E-state index contributed by atoms with van der Waals surface area (Å²) in [6.45, 7) is 7.67. The molecule has 0 spiro atoms. The van der Waals surface area contributed by atoms with Gasteiger partial charge in [0.05, 0.1) is 12.8 Å². The van der Waals surface area contributed by atoms with Gasteiger partial charge in [0.15, 0.2) is 0 Å². The molecule has 0 bridgehead atoms. The molecular formula is C13H21NO. The zero-order valence-electron chi connectivity index (χ0n) is 9.97. The predicted octanol–water partition coefficient (Wildman–Crippen LogP) is 3.26. The molecule has 0 amide bonds. The molecule has 15 heavy (non-hydrogen) atoms. The Balaban J connectivity index is 1.91. The third-order valence-electron chi connectivity index (χ3n) is 3.73. The van der Waals surface area contributed by atoms with Crippen LogP contribution in [0.3, 0.4) is 0 Å². The van der Waals surface area contributed by atoms with Gasteiger partial charge in [0, 0.05) is 6.04 Å². The molecule has 84 valence electrons. The largest absolute Gasteiger partial charge is 0.468 e. The standard InChI is InChI=1S/C13H21NO/c1-10-6-8-15-11(10)9-14-12-5-4-7-13(12,2)3/h6,8,12,14H,4-5,7,9H2,1-3H3. The second kappa shape index (κ2) is 4.01. The lowest BCUT2D eigenvalue weighted by molar-refractivity contribution is 0.276. The van der Waals surface area contributed by atoms with Crippen LogP contribution in [-0.4, -0.2) is 6.04 Å². The highest BCUT2D eigenvalue weighted by atomic mass is 16.3. The van der Waals surface area contributed by atoms with Gasteiger partial charge in [-0.1, -0.05) is 20.3 Å². The summed E-state index contributed by atoms with van der Waals surface area (Å²) in [5.41, 5.74) is 1.69. The Morgan fingerprint density at radius 1 is 1.53 bits per heavy atom. The third-order valence-corrected chi connectivity index (χ3v) is 3.73. The molecular weight excluding hydrogens is 186 g/mol. The van der Waals surface area contributed by atoms with Gasteiger partial charge in [0.1, 0.15) is 5.76 Å². The summed E-state index contributed by atoms with van der Waals surface area (Å²) in [6.07, 6.45) is 5.75. The summed E-state index contributed by atoms with van der Waals surface area (Å²) in [6, 6.07) is 2.67. The zero-order chi connectivity index (χ0) is 10.9. The Kier molecular flexibility index (Phi) is 2.87. The summed E-state index contributed by atoms with van der Waals surface area (Å²) in [5.74, 6) is 1.08. The maximum absolute atomic E-state index is 5.43. The van der Waals surface area contributed by atoms with Crippen molar-refractivity contribution in [3.63, 3.8) is 0 Å². The van der Waals surface area contributed by atoms with Gasteiger partial charge >= 0.3 is 0 Å². The van der Waals surface area contributed by atoms with E-state index in [1.807, 2.05) is 6.07 Å². The molecule has 1 saturated carbocycles. The lowest BCUT2D eigenvalue weighted by atomic mass is 9.87. The third kappa shape index (κ3) is 2.25. The molecule has 1 aliphatic rings. The molecule has 0 aromatic carbocycles. The fourth-order valence-corrected chi connectivity index (χ4v) is 2.51. The van der Waals surface area contributed by atoms with Gasteiger partial charge in [-0.2, -0.15) is 0 Å². The molecule has 1 unspecified atom stereocenters. The number of aryl methyl sites for hydroxylation is 1. The van der Waals surface area contributed by atoms with Gasteiger partial charge in [0.2, 0.25) is 0 Å². The fourth-order valence-electron chi connectivity index (χ4n) is 2.51. The van der Waals surface area contributed by atoms with Crippen LogP contribution in [0.25, 0.3) is 0 Å². The van der Waals surface area contributed by atoms with Crippen molar-refractivity contribution in [3.8, 4) is 0 Å². The van der Waals surface area contributed by atoms with E-state index in [1.54, 1.807) is 6.26 Å². The maximum atomic E-state index is 5.43. The van der Waals surface area contributed by atoms with E-state index < -0.39 is 0 Å². The molecule has 1 atom stereocenters. The first kappa shape index (κ1) is 10.7. The summed E-state index contributed by atoms with van der Waals surface area (Å²) in [4.78, 5) is 0. The van der Waals surface area contributed by atoms with Crippen molar-refractivity contribution in [2.24, 2.45) is 5.41 Å². The normalized spacial score (nSPS) is 24.6. The Hall–Kier alpha value is -0.760. The molecule has 1 fully saturated rings. The molecule has 2 nitrogen and oxygen atoms in total. The molecule has 2 heteroatoms. The Labute approximate surface area is 92.1 Å². The van der Waals surface area contributed by atoms with Gasteiger partial charge < -0.3 is 9.73 Å². The number of nitrogens with one attached hydrogen (secondary N) is 1. The fraction of sp³-hybridized carbons (Fsp3) is 0.692. The van der Waals surface area contributed by atoms with E-state index in [4.69, 9.17) is 4.42 Å². The molecule has 0 radical (unpaired) electrons. The highest BCUT2D eigenvalue weighted by Crippen LogP contribution is 2.37. The minimum absolute atomic E-state index is 0.445. The average molecular weight is 207 g/mol. The van der Waals surface area contributed by atoms with Gasteiger partial charge in [-0.05, 0) is 36.8 Å². The lowest BCUT2D eigenvalue weighted by Crippen LogP contribution is -2.37. The first-order valence-electron chi connectivity index (χ1n) is 5.86. The van der Waals surface area contributed by atoms with Crippen LogP contribution in [0.15, 0.2) is 16.7 Å². The van der Waals surface area contributed by atoms with Crippen LogP contribution < -0.4 is 5.32 Å². The van der Waals surface area contributed by atoms with Crippen LogP contribution in [0, 0.1) is 12.3 Å². The monoisotopic (exact) mass is 207 g/mol. The minimum atomic E-state index is 0.445. The van der Waals surface area contributed by atoms with Crippen molar-refractivity contribution in [1.29, 1.82) is 0 Å². The van der Waals surface area contributed by atoms with Crippen molar-refractivity contribution in [2.75, 3.05) is 0 Å². The number of hydrogen-bond acceptors (Lipinski definition) is 2. The van der Waals surface area contributed by atoms with Gasteiger partial charge in [0.25, 0.3) is 0 Å². The van der Waals surface area contributed by atoms with Crippen molar-refractivity contribution in [3.05, 3.63) is 23.7 Å². The van der Waals surface area contributed by atoms with E-state index in [-0.39, 0.29) is 0 Å². The van der Waals surface area contributed by atoms with Crippen LogP contribution in [0.4, 0.5) is 0 Å². The number of rotatable bonds is 3. The molecule has 0 saturated heterocycles. The van der Waals surface area contributed by atoms with Gasteiger partial charge in [-0.25, -0.2) is 0 Å². The quantitative estimate of drug-likeness (QED) is 0.823. The highest BCUT2D eigenvalue weighted by Gasteiger charge is 2.33. The Morgan fingerprint density at radius 3 is 2.87 bits per heavy atom. The van der Waals surface area contributed by atoms with E-state index in [0.717, 1.165) is 12.3 Å². The summed E-state index contributed by atoms with van der Waals surface area (Å²) >= 11 is 0. The molecule has 0 aliphatic heterocycles. The molecule has 1 aliphatic carbocycles. The summed E-state index contributed by atoms with van der Waals surface area (Å²) in [5, 5.41) is 3.62. The van der Waals surface area contributed by atoms with E-state index in [9.17, 15) is 0 Å². The minimum Gasteiger partial charge on any atom is -0.468 e. The maximum Gasteiger partial charge on any atom is 0.120 e. The molecule has 1 aromatic rings. The van der Waals surface area contributed by atoms with E-state index in [2.05, 4.69) is 26.1 Å². The summed E-state index contributed by atoms with van der Waals surface area (Å²) < 4.78 is 5.43. The van der Waals surface area contributed by atoms with Crippen LogP contribution in [0.5, 0.6) is 0 Å². The van der Waals surface area contributed by atoms with Crippen molar-refractivity contribution in [1.82, 2.24) is 5.32 Å². The van der Waals surface area contributed by atoms with Gasteiger partial charge in [-0.15, -0.1) is 0 Å². The van der Waals surface area contributed by atoms with Crippen molar-refractivity contribution in [2.45, 2.75) is 52.6 Å². The van der Waals surface area contributed by atoms with Gasteiger partial charge in [-0.3, -0.25) is 0 Å². The van der Waals surface area contributed by atoms with Crippen LogP contribution >= 0.6 is 0 Å². The topological polar surface area (TPSA) is 25.2 Å². The molecule has 1 N–H and O–H groups in total. The zero-order valence-corrected chi connectivity index (χ0v) is 9.97. The van der Waals surface area contributed by atoms with Crippen molar-refractivity contribution < 1.29 is 4.42 Å². The molecule has 1 heterocycles. The highest BCUT2D eigenvalue weighted by molar-refractivity contribution is 5.14. The average Bonchev–Trinajstić information content (AvgIpc) is 2.69. The lowest BCUT2D eigenvalue weighted by Gasteiger charge is -2.27. The molecule has 1 aromatic heterocycles. The second-order valence-corrected chi connectivity index (χ2v) is 5.34. The summed E-state index contributed by atoms with van der Waals surface area (Å²) in [7, 11) is 0. The Morgan fingerprint density at radius 2 is 2.33 bits per heavy atom. The smallest absolute Gasteiger partial charge is 0.120 e. The first-order chi connectivity index (χ1) is 7.09. The van der Waals surface area contributed by atoms with E-state index >= 15 is 0 Å². The van der Waals surface area contributed by atoms with Crippen LogP contribution in [0.2, 0.25) is 0 Å². The van der Waals surface area contributed by atoms with Crippen LogP contribution in [0.1, 0.15) is 44.4 Å². The van der Waals surface area contributed by atoms with E-state index in [1.165, 1.54) is 24.8 Å². The molecule has 2 rings (SSSR count). The number of furan rings is 1. The Bertz CT molecular complexity index is 327. The van der Waals surface area contributed by atoms with Crippen molar-refractivity contribution >= 4 is 0 Å². The van der Waals surface area contributed by atoms with E-state index in [0.29, 0.717) is 11.5 Å². The predicted molar refractivity (Wildman–Crippen MR) is 61.7 cm³/mol.